The van der Waals surface area contributed by atoms with Crippen molar-refractivity contribution in [3.05, 3.63) is 59.1 Å². The number of hydrogen-bond acceptors (Lipinski definition) is 3. The summed E-state index contributed by atoms with van der Waals surface area (Å²) in [5.74, 6) is -1.64. The Kier molecular flexibility index (Phi) is 3.35. The van der Waals surface area contributed by atoms with E-state index in [4.69, 9.17) is 11.6 Å². The van der Waals surface area contributed by atoms with E-state index in [1.807, 2.05) is 0 Å². The van der Waals surface area contributed by atoms with Crippen LogP contribution in [0.2, 0.25) is 5.02 Å². The standard InChI is InChI=1S/C12H9ClN2O2/c13-9-4-1-3-8(7-9)10(12(16)17)11-14-5-2-6-15-11/h1-7,10H,(H,16,17). The molecule has 1 aromatic heterocycles. The van der Waals surface area contributed by atoms with Gasteiger partial charge in [0.25, 0.3) is 0 Å². The maximum atomic E-state index is 11.3. The van der Waals surface area contributed by atoms with Crippen molar-refractivity contribution in [2.24, 2.45) is 0 Å². The number of carboxylic acid groups (broad SMARTS) is 1. The molecule has 2 aromatic rings. The van der Waals surface area contributed by atoms with E-state index in [0.29, 0.717) is 10.6 Å². The van der Waals surface area contributed by atoms with Crippen LogP contribution in [0, 0.1) is 0 Å². The van der Waals surface area contributed by atoms with Crippen LogP contribution in [-0.4, -0.2) is 21.0 Å². The lowest BCUT2D eigenvalue weighted by Gasteiger charge is -2.11. The average Bonchev–Trinajstić information content (AvgIpc) is 2.30. The Morgan fingerprint density at radius 3 is 2.53 bits per heavy atom. The van der Waals surface area contributed by atoms with Gasteiger partial charge in [-0.2, -0.15) is 0 Å². The molecule has 5 heteroatoms. The molecule has 86 valence electrons. The summed E-state index contributed by atoms with van der Waals surface area (Å²) in [4.78, 5) is 19.2. The molecule has 1 heterocycles. The molecule has 0 aliphatic carbocycles. The minimum atomic E-state index is -1.00. The quantitative estimate of drug-likeness (QED) is 0.906. The zero-order valence-electron chi connectivity index (χ0n) is 8.75. The van der Waals surface area contributed by atoms with E-state index in [1.165, 1.54) is 12.4 Å². The van der Waals surface area contributed by atoms with E-state index in [-0.39, 0.29) is 5.82 Å². The molecule has 1 atom stereocenters. The molecule has 0 amide bonds. The number of halogens is 1. The summed E-state index contributed by atoms with van der Waals surface area (Å²) in [6.07, 6.45) is 3.03. The molecule has 0 fully saturated rings. The average molecular weight is 249 g/mol. The van der Waals surface area contributed by atoms with Gasteiger partial charge in [-0.3, -0.25) is 4.79 Å². The van der Waals surface area contributed by atoms with Crippen molar-refractivity contribution < 1.29 is 9.90 Å². The van der Waals surface area contributed by atoms with E-state index in [0.717, 1.165) is 0 Å². The van der Waals surface area contributed by atoms with Crippen LogP contribution in [0.3, 0.4) is 0 Å². The topological polar surface area (TPSA) is 63.1 Å². The van der Waals surface area contributed by atoms with Crippen molar-refractivity contribution in [3.8, 4) is 0 Å². The van der Waals surface area contributed by atoms with Crippen LogP contribution in [0.4, 0.5) is 0 Å². The minimum absolute atomic E-state index is 0.252. The molecule has 1 unspecified atom stereocenters. The van der Waals surface area contributed by atoms with Crippen LogP contribution in [0.25, 0.3) is 0 Å². The van der Waals surface area contributed by atoms with Crippen molar-refractivity contribution in [1.82, 2.24) is 9.97 Å². The minimum Gasteiger partial charge on any atom is -0.480 e. The molecule has 0 saturated heterocycles. The van der Waals surface area contributed by atoms with Gasteiger partial charge in [-0.25, -0.2) is 9.97 Å². The molecule has 0 aliphatic rings. The third-order valence-corrected chi connectivity index (χ3v) is 2.51. The fourth-order valence-corrected chi connectivity index (χ4v) is 1.75. The second-order valence-corrected chi connectivity index (χ2v) is 3.87. The number of benzene rings is 1. The van der Waals surface area contributed by atoms with Crippen LogP contribution in [0.1, 0.15) is 17.3 Å². The second-order valence-electron chi connectivity index (χ2n) is 3.43. The van der Waals surface area contributed by atoms with Gasteiger partial charge in [-0.05, 0) is 23.8 Å². The fourth-order valence-electron chi connectivity index (χ4n) is 1.55. The van der Waals surface area contributed by atoms with E-state index in [9.17, 15) is 9.90 Å². The van der Waals surface area contributed by atoms with Gasteiger partial charge in [-0.15, -0.1) is 0 Å². The van der Waals surface area contributed by atoms with Crippen LogP contribution >= 0.6 is 11.6 Å². The van der Waals surface area contributed by atoms with Crippen molar-refractivity contribution in [3.63, 3.8) is 0 Å². The first-order chi connectivity index (χ1) is 8.18. The normalized spacial score (nSPS) is 12.1. The van der Waals surface area contributed by atoms with Gasteiger partial charge in [0.1, 0.15) is 11.7 Å². The van der Waals surface area contributed by atoms with Gasteiger partial charge in [0.15, 0.2) is 0 Å². The molecule has 2 rings (SSSR count). The number of rotatable bonds is 3. The highest BCUT2D eigenvalue weighted by molar-refractivity contribution is 6.30. The molecule has 4 nitrogen and oxygen atoms in total. The number of carbonyl (C=O) groups is 1. The first-order valence-corrected chi connectivity index (χ1v) is 5.31. The van der Waals surface area contributed by atoms with Gasteiger partial charge < -0.3 is 5.11 Å². The number of aliphatic carboxylic acids is 1. The molecule has 1 N–H and O–H groups in total. The highest BCUT2D eigenvalue weighted by atomic mass is 35.5. The molecule has 1 aromatic carbocycles. The fraction of sp³-hybridized carbons (Fsp3) is 0.0833. The molecular weight excluding hydrogens is 240 g/mol. The largest absolute Gasteiger partial charge is 0.480 e. The Hall–Kier alpha value is -1.94. The van der Waals surface area contributed by atoms with Crippen molar-refractivity contribution in [1.29, 1.82) is 0 Å². The molecule has 0 aliphatic heterocycles. The summed E-state index contributed by atoms with van der Waals surface area (Å²) >= 11 is 5.85. The van der Waals surface area contributed by atoms with Crippen LogP contribution < -0.4 is 0 Å². The predicted molar refractivity (Wildman–Crippen MR) is 63.0 cm³/mol. The summed E-state index contributed by atoms with van der Waals surface area (Å²) in [6.45, 7) is 0. The molecule has 0 saturated carbocycles. The Labute approximate surface area is 103 Å². The van der Waals surface area contributed by atoms with Crippen LogP contribution in [0.5, 0.6) is 0 Å². The Morgan fingerprint density at radius 1 is 1.24 bits per heavy atom. The Morgan fingerprint density at radius 2 is 1.94 bits per heavy atom. The van der Waals surface area contributed by atoms with Crippen molar-refractivity contribution >= 4 is 17.6 Å². The van der Waals surface area contributed by atoms with Crippen LogP contribution in [-0.2, 0) is 4.79 Å². The third-order valence-electron chi connectivity index (χ3n) is 2.27. The van der Waals surface area contributed by atoms with Crippen LogP contribution in [0.15, 0.2) is 42.7 Å². The van der Waals surface area contributed by atoms with Gasteiger partial charge >= 0.3 is 5.97 Å². The summed E-state index contributed by atoms with van der Waals surface area (Å²) < 4.78 is 0. The molecule has 0 spiro atoms. The van der Waals surface area contributed by atoms with Crippen molar-refractivity contribution in [2.75, 3.05) is 0 Å². The molecule has 0 radical (unpaired) electrons. The zero-order chi connectivity index (χ0) is 12.3. The summed E-state index contributed by atoms with van der Waals surface area (Å²) in [5.41, 5.74) is 0.566. The van der Waals surface area contributed by atoms with Crippen molar-refractivity contribution in [2.45, 2.75) is 5.92 Å². The first kappa shape index (κ1) is 11.5. The van der Waals surface area contributed by atoms with E-state index < -0.39 is 11.9 Å². The monoisotopic (exact) mass is 248 g/mol. The summed E-state index contributed by atoms with van der Waals surface area (Å²) in [6, 6.07) is 8.34. The number of carboxylic acids is 1. The summed E-state index contributed by atoms with van der Waals surface area (Å²) in [5, 5.41) is 9.74. The predicted octanol–water partition coefficient (Wildman–Crippen LogP) is 2.35. The lowest BCUT2D eigenvalue weighted by atomic mass is 9.98. The van der Waals surface area contributed by atoms with Gasteiger partial charge in [0.05, 0.1) is 0 Å². The highest BCUT2D eigenvalue weighted by Crippen LogP contribution is 2.24. The maximum absolute atomic E-state index is 11.3. The number of nitrogens with zero attached hydrogens (tertiary/aromatic N) is 2. The molecule has 17 heavy (non-hydrogen) atoms. The van der Waals surface area contributed by atoms with E-state index >= 15 is 0 Å². The Bertz CT molecular complexity index is 531. The number of aromatic nitrogens is 2. The third kappa shape index (κ3) is 2.60. The summed E-state index contributed by atoms with van der Waals surface area (Å²) in [7, 11) is 0. The van der Waals surface area contributed by atoms with E-state index in [1.54, 1.807) is 30.3 Å². The number of hydrogen-bond donors (Lipinski definition) is 1. The SMILES string of the molecule is O=C(O)C(c1cccc(Cl)c1)c1ncccn1. The smallest absolute Gasteiger partial charge is 0.318 e. The molecular formula is C12H9ClN2O2. The lowest BCUT2D eigenvalue weighted by molar-refractivity contribution is -0.137. The Balaban J connectivity index is 2.47. The van der Waals surface area contributed by atoms with Gasteiger partial charge in [-0.1, -0.05) is 23.7 Å². The van der Waals surface area contributed by atoms with Gasteiger partial charge in [0, 0.05) is 17.4 Å². The van der Waals surface area contributed by atoms with E-state index in [2.05, 4.69) is 9.97 Å². The first-order valence-electron chi connectivity index (χ1n) is 4.93. The second kappa shape index (κ2) is 4.93. The van der Waals surface area contributed by atoms with Gasteiger partial charge in [0.2, 0.25) is 0 Å². The molecule has 0 bridgehead atoms. The highest BCUT2D eigenvalue weighted by Gasteiger charge is 2.24. The zero-order valence-corrected chi connectivity index (χ0v) is 9.50. The maximum Gasteiger partial charge on any atom is 0.318 e. The lowest BCUT2D eigenvalue weighted by Crippen LogP contribution is -2.15.